The van der Waals surface area contributed by atoms with Crippen LogP contribution < -0.4 is 4.74 Å². The van der Waals surface area contributed by atoms with Gasteiger partial charge in [-0.1, -0.05) is 45.9 Å². The minimum Gasteiger partial charge on any atom is -0.485 e. The van der Waals surface area contributed by atoms with E-state index in [9.17, 15) is 0 Å². The van der Waals surface area contributed by atoms with E-state index in [1.165, 1.54) is 68.5 Å². The number of hydrogen-bond acceptors (Lipinski definition) is 2. The van der Waals surface area contributed by atoms with Gasteiger partial charge in [0.15, 0.2) is 0 Å². The summed E-state index contributed by atoms with van der Waals surface area (Å²) in [7, 11) is 0. The Morgan fingerprint density at radius 2 is 2.07 bits per heavy atom. The first-order chi connectivity index (χ1) is 13.5. The zero-order valence-corrected chi connectivity index (χ0v) is 17.9. The van der Waals surface area contributed by atoms with Gasteiger partial charge >= 0.3 is 0 Å². The van der Waals surface area contributed by atoms with Crippen LogP contribution in [0, 0.1) is 11.3 Å². The van der Waals surface area contributed by atoms with Gasteiger partial charge in [0.05, 0.1) is 0 Å². The Labute approximate surface area is 170 Å². The number of hydrogen-bond donors (Lipinski definition) is 0. The molecule has 5 aliphatic rings. The quantitative estimate of drug-likeness (QED) is 0.636. The van der Waals surface area contributed by atoms with Crippen LogP contribution in [0.3, 0.4) is 0 Å². The van der Waals surface area contributed by atoms with Gasteiger partial charge < -0.3 is 4.74 Å². The van der Waals surface area contributed by atoms with E-state index in [-0.39, 0.29) is 11.5 Å². The highest BCUT2D eigenvalue weighted by molar-refractivity contribution is 5.61. The second-order valence-corrected chi connectivity index (χ2v) is 11.0. The molecule has 3 aliphatic carbocycles. The van der Waals surface area contributed by atoms with E-state index in [4.69, 9.17) is 4.74 Å². The molecule has 6 rings (SSSR count). The Hall–Kier alpha value is -1.28. The molecule has 28 heavy (non-hydrogen) atoms. The number of rotatable bonds is 3. The molecule has 0 N–H and O–H groups in total. The lowest BCUT2D eigenvalue weighted by molar-refractivity contribution is -0.104. The van der Waals surface area contributed by atoms with E-state index in [0.29, 0.717) is 17.4 Å². The molecule has 2 heterocycles. The van der Waals surface area contributed by atoms with Crippen LogP contribution in [-0.4, -0.2) is 30.1 Å². The van der Waals surface area contributed by atoms with Crippen LogP contribution in [0.15, 0.2) is 24.3 Å². The number of benzene rings is 1. The first kappa shape index (κ1) is 17.6. The highest BCUT2D eigenvalue weighted by Gasteiger charge is 2.69. The fraction of sp³-hybridized carbons (Fsp3) is 0.692. The van der Waals surface area contributed by atoms with Gasteiger partial charge in [0.1, 0.15) is 11.9 Å². The molecule has 2 aliphatic heterocycles. The molecule has 2 saturated carbocycles. The molecule has 2 heteroatoms. The molecule has 0 amide bonds. The van der Waals surface area contributed by atoms with E-state index in [1.54, 1.807) is 11.1 Å². The van der Waals surface area contributed by atoms with Crippen molar-refractivity contribution in [2.75, 3.05) is 13.1 Å². The van der Waals surface area contributed by atoms with Crippen LogP contribution in [0.25, 0.3) is 0 Å². The Morgan fingerprint density at radius 1 is 1.25 bits per heavy atom. The zero-order valence-electron chi connectivity index (χ0n) is 17.9. The van der Waals surface area contributed by atoms with Crippen LogP contribution in [0.4, 0.5) is 0 Å². The average molecular weight is 378 g/mol. The molecule has 1 spiro atoms. The van der Waals surface area contributed by atoms with E-state index >= 15 is 0 Å². The lowest BCUT2D eigenvalue weighted by Crippen LogP contribution is -2.70. The van der Waals surface area contributed by atoms with Gasteiger partial charge in [0.2, 0.25) is 0 Å². The topological polar surface area (TPSA) is 12.5 Å². The van der Waals surface area contributed by atoms with E-state index in [0.717, 1.165) is 12.3 Å². The third-order valence-corrected chi connectivity index (χ3v) is 9.48. The second kappa shape index (κ2) is 5.65. The SMILES string of the molecule is C=C1CCC2(C)C3Cc4ccc(C(C)C)c5c4C2(CCN3CC2CCC2)C1O5. The van der Waals surface area contributed by atoms with Crippen molar-refractivity contribution in [2.24, 2.45) is 11.3 Å². The summed E-state index contributed by atoms with van der Waals surface area (Å²) in [6.07, 6.45) is 9.43. The molecule has 2 bridgehead atoms. The third-order valence-electron chi connectivity index (χ3n) is 9.48. The molecule has 2 nitrogen and oxygen atoms in total. The Bertz CT molecular complexity index is 852. The van der Waals surface area contributed by atoms with Gasteiger partial charge in [-0.2, -0.15) is 0 Å². The lowest BCUT2D eigenvalue weighted by Gasteiger charge is -2.65. The summed E-state index contributed by atoms with van der Waals surface area (Å²) in [5, 5.41) is 0. The Morgan fingerprint density at radius 3 is 2.79 bits per heavy atom. The molecule has 3 fully saturated rings. The molecule has 150 valence electrons. The van der Waals surface area contributed by atoms with Crippen molar-refractivity contribution in [2.45, 2.75) is 89.2 Å². The van der Waals surface area contributed by atoms with Gasteiger partial charge in [0, 0.05) is 23.6 Å². The average Bonchev–Trinajstić information content (AvgIpc) is 2.97. The summed E-state index contributed by atoms with van der Waals surface area (Å²) in [5.74, 6) is 2.71. The number of nitrogens with zero attached hydrogens (tertiary/aromatic N) is 1. The van der Waals surface area contributed by atoms with Crippen molar-refractivity contribution >= 4 is 0 Å². The van der Waals surface area contributed by atoms with Crippen molar-refractivity contribution in [1.82, 2.24) is 4.90 Å². The van der Waals surface area contributed by atoms with Crippen LogP contribution in [0.1, 0.15) is 81.9 Å². The highest BCUT2D eigenvalue weighted by atomic mass is 16.5. The van der Waals surface area contributed by atoms with Crippen LogP contribution in [0.5, 0.6) is 5.75 Å². The van der Waals surface area contributed by atoms with Crippen molar-refractivity contribution < 1.29 is 4.74 Å². The molecular formula is C26H35NO. The van der Waals surface area contributed by atoms with Crippen molar-refractivity contribution in [3.8, 4) is 5.75 Å². The smallest absolute Gasteiger partial charge is 0.130 e. The van der Waals surface area contributed by atoms with Crippen molar-refractivity contribution in [1.29, 1.82) is 0 Å². The van der Waals surface area contributed by atoms with E-state index < -0.39 is 0 Å². The molecule has 0 radical (unpaired) electrons. The number of likely N-dealkylation sites (tertiary alicyclic amines) is 1. The summed E-state index contributed by atoms with van der Waals surface area (Å²) >= 11 is 0. The third kappa shape index (κ3) is 1.94. The molecule has 4 unspecified atom stereocenters. The summed E-state index contributed by atoms with van der Waals surface area (Å²) in [5.41, 5.74) is 6.42. The predicted molar refractivity (Wildman–Crippen MR) is 114 cm³/mol. The standard InChI is InChI=1S/C26H35NO/c1-16(2)20-9-8-19-14-21-25(4)11-10-17(3)24-26(25,22(19)23(20)28-24)12-13-27(21)15-18-6-5-7-18/h8-9,16,18,21,24H,3,5-7,10-15H2,1-2,4H3. The Balaban J connectivity index is 1.53. The van der Waals surface area contributed by atoms with Crippen molar-refractivity contribution in [3.63, 3.8) is 0 Å². The molecule has 1 aromatic rings. The first-order valence-corrected chi connectivity index (χ1v) is 11.7. The zero-order chi connectivity index (χ0) is 19.3. The summed E-state index contributed by atoms with van der Waals surface area (Å²) in [4.78, 5) is 2.90. The first-order valence-electron chi connectivity index (χ1n) is 11.7. The van der Waals surface area contributed by atoms with Gasteiger partial charge in [-0.3, -0.25) is 4.90 Å². The fourth-order valence-corrected chi connectivity index (χ4v) is 7.69. The largest absolute Gasteiger partial charge is 0.485 e. The fourth-order valence-electron chi connectivity index (χ4n) is 7.69. The van der Waals surface area contributed by atoms with Crippen LogP contribution in [0.2, 0.25) is 0 Å². The predicted octanol–water partition coefficient (Wildman–Crippen LogP) is 5.60. The highest BCUT2D eigenvalue weighted by Crippen LogP contribution is 2.69. The summed E-state index contributed by atoms with van der Waals surface area (Å²) in [6.45, 7) is 14.3. The Kier molecular flexibility index (Phi) is 3.55. The maximum Gasteiger partial charge on any atom is 0.130 e. The van der Waals surface area contributed by atoms with Gasteiger partial charge in [0.25, 0.3) is 0 Å². The summed E-state index contributed by atoms with van der Waals surface area (Å²) in [6, 6.07) is 5.49. The normalized spacial score (nSPS) is 38.9. The van der Waals surface area contributed by atoms with Gasteiger partial charge in [-0.15, -0.1) is 0 Å². The van der Waals surface area contributed by atoms with Crippen molar-refractivity contribution in [3.05, 3.63) is 41.0 Å². The van der Waals surface area contributed by atoms with Gasteiger partial charge in [-0.05, 0) is 79.0 Å². The minimum absolute atomic E-state index is 0.164. The number of ether oxygens (including phenoxy) is 1. The van der Waals surface area contributed by atoms with Crippen LogP contribution in [-0.2, 0) is 11.8 Å². The van der Waals surface area contributed by atoms with E-state index in [1.807, 2.05) is 0 Å². The van der Waals surface area contributed by atoms with Gasteiger partial charge in [-0.25, -0.2) is 0 Å². The monoisotopic (exact) mass is 377 g/mol. The van der Waals surface area contributed by atoms with Crippen LogP contribution >= 0.6 is 0 Å². The van der Waals surface area contributed by atoms with E-state index in [2.05, 4.69) is 44.4 Å². The molecule has 1 aromatic carbocycles. The maximum atomic E-state index is 6.88. The molecular weight excluding hydrogens is 342 g/mol. The summed E-state index contributed by atoms with van der Waals surface area (Å²) < 4.78 is 6.88. The number of piperidine rings is 1. The molecule has 4 atom stereocenters. The molecule has 0 aromatic heterocycles. The second-order valence-electron chi connectivity index (χ2n) is 11.0. The minimum atomic E-state index is 0.164. The lowest BCUT2D eigenvalue weighted by atomic mass is 9.43. The molecule has 1 saturated heterocycles. The maximum absolute atomic E-state index is 6.88.